The van der Waals surface area contributed by atoms with Crippen molar-refractivity contribution in [3.8, 4) is 0 Å². The molecule has 19 heavy (non-hydrogen) atoms. The number of para-hydroxylation sites is 1. The Morgan fingerprint density at radius 2 is 2.05 bits per heavy atom. The second-order valence-corrected chi connectivity index (χ2v) is 4.51. The number of hydrogen-bond acceptors (Lipinski definition) is 3. The summed E-state index contributed by atoms with van der Waals surface area (Å²) >= 11 is 0. The molecule has 3 nitrogen and oxygen atoms in total. The van der Waals surface area contributed by atoms with Crippen LogP contribution in [0.25, 0.3) is 10.9 Å². The zero-order chi connectivity index (χ0) is 13.5. The molecule has 3 heteroatoms. The first-order chi connectivity index (χ1) is 9.29. The molecular formula is C16H19NO2. The lowest BCUT2D eigenvalue weighted by atomic mass is 10.1. The van der Waals surface area contributed by atoms with Crippen LogP contribution < -0.4 is 0 Å². The SMILES string of the molecule is CCOCCCC(=O)Cc1ccc2ccccc2n1. The maximum absolute atomic E-state index is 11.8. The summed E-state index contributed by atoms with van der Waals surface area (Å²) in [6, 6.07) is 11.9. The number of hydrogen-bond donors (Lipinski definition) is 0. The van der Waals surface area contributed by atoms with Gasteiger partial charge in [0.15, 0.2) is 0 Å². The number of fused-ring (bicyclic) bond motifs is 1. The van der Waals surface area contributed by atoms with Crippen LogP contribution in [0.4, 0.5) is 0 Å². The highest BCUT2D eigenvalue weighted by Gasteiger charge is 2.05. The molecule has 0 spiro atoms. The van der Waals surface area contributed by atoms with Gasteiger partial charge in [0.05, 0.1) is 5.52 Å². The van der Waals surface area contributed by atoms with Crippen LogP contribution in [0.3, 0.4) is 0 Å². The summed E-state index contributed by atoms with van der Waals surface area (Å²) in [4.78, 5) is 16.3. The Kier molecular flexibility index (Phi) is 5.04. The molecule has 0 aliphatic heterocycles. The molecule has 2 aromatic rings. The van der Waals surface area contributed by atoms with Gasteiger partial charge in [0.2, 0.25) is 0 Å². The number of carbonyl (C=O) groups is 1. The number of pyridine rings is 1. The van der Waals surface area contributed by atoms with Crippen LogP contribution in [0, 0.1) is 0 Å². The van der Waals surface area contributed by atoms with Gasteiger partial charge in [0.25, 0.3) is 0 Å². The van der Waals surface area contributed by atoms with Crippen LogP contribution in [0.1, 0.15) is 25.5 Å². The minimum Gasteiger partial charge on any atom is -0.382 e. The summed E-state index contributed by atoms with van der Waals surface area (Å²) in [5, 5.41) is 1.11. The normalized spacial score (nSPS) is 10.8. The van der Waals surface area contributed by atoms with Gasteiger partial charge in [-0.25, -0.2) is 0 Å². The van der Waals surface area contributed by atoms with Gasteiger partial charge in [-0.05, 0) is 25.5 Å². The molecule has 100 valence electrons. The topological polar surface area (TPSA) is 39.2 Å². The smallest absolute Gasteiger partial charge is 0.138 e. The minimum atomic E-state index is 0.225. The van der Waals surface area contributed by atoms with Gasteiger partial charge in [-0.1, -0.05) is 24.3 Å². The summed E-state index contributed by atoms with van der Waals surface area (Å²) in [5.41, 5.74) is 1.79. The van der Waals surface area contributed by atoms with Crippen LogP contribution in [-0.2, 0) is 16.0 Å². The molecule has 0 bridgehead atoms. The molecule has 0 aliphatic carbocycles. The van der Waals surface area contributed by atoms with Crippen molar-refractivity contribution < 1.29 is 9.53 Å². The van der Waals surface area contributed by atoms with Crippen LogP contribution in [0.5, 0.6) is 0 Å². The molecule has 2 rings (SSSR count). The quantitative estimate of drug-likeness (QED) is 0.715. The Morgan fingerprint density at radius 3 is 2.89 bits per heavy atom. The second-order valence-electron chi connectivity index (χ2n) is 4.51. The van der Waals surface area contributed by atoms with Crippen LogP contribution in [0.2, 0.25) is 0 Å². The summed E-state index contributed by atoms with van der Waals surface area (Å²) in [7, 11) is 0. The fourth-order valence-electron chi connectivity index (χ4n) is 2.01. The van der Waals surface area contributed by atoms with E-state index in [1.165, 1.54) is 0 Å². The minimum absolute atomic E-state index is 0.225. The van der Waals surface area contributed by atoms with E-state index in [0.29, 0.717) is 26.1 Å². The lowest BCUT2D eigenvalue weighted by Gasteiger charge is -2.03. The molecule has 1 aromatic heterocycles. The lowest BCUT2D eigenvalue weighted by molar-refractivity contribution is -0.118. The van der Waals surface area contributed by atoms with E-state index in [4.69, 9.17) is 4.74 Å². The molecular weight excluding hydrogens is 238 g/mol. The number of aromatic nitrogens is 1. The number of ether oxygens (including phenoxy) is 1. The van der Waals surface area contributed by atoms with E-state index in [0.717, 1.165) is 23.0 Å². The van der Waals surface area contributed by atoms with Crippen molar-refractivity contribution in [2.24, 2.45) is 0 Å². The fourth-order valence-corrected chi connectivity index (χ4v) is 2.01. The maximum atomic E-state index is 11.8. The molecule has 0 amide bonds. The number of rotatable bonds is 7. The summed E-state index contributed by atoms with van der Waals surface area (Å²) in [6.45, 7) is 3.33. The number of ketones is 1. The monoisotopic (exact) mass is 257 g/mol. The van der Waals surface area contributed by atoms with Gasteiger partial charge < -0.3 is 4.74 Å². The van der Waals surface area contributed by atoms with Crippen molar-refractivity contribution in [2.45, 2.75) is 26.2 Å². The van der Waals surface area contributed by atoms with Crippen molar-refractivity contribution in [3.05, 3.63) is 42.1 Å². The number of benzene rings is 1. The third-order valence-electron chi connectivity index (χ3n) is 2.98. The van der Waals surface area contributed by atoms with Crippen LogP contribution in [-0.4, -0.2) is 24.0 Å². The largest absolute Gasteiger partial charge is 0.382 e. The van der Waals surface area contributed by atoms with Crippen molar-refractivity contribution in [1.29, 1.82) is 0 Å². The predicted molar refractivity (Wildman–Crippen MR) is 76.2 cm³/mol. The van der Waals surface area contributed by atoms with E-state index in [-0.39, 0.29) is 5.78 Å². The molecule has 0 atom stereocenters. The van der Waals surface area contributed by atoms with Crippen molar-refractivity contribution in [1.82, 2.24) is 4.98 Å². The molecule has 0 N–H and O–H groups in total. The van der Waals surface area contributed by atoms with Crippen molar-refractivity contribution >= 4 is 16.7 Å². The van der Waals surface area contributed by atoms with Crippen LogP contribution in [0.15, 0.2) is 36.4 Å². The Bertz CT molecular complexity index is 551. The molecule has 1 aromatic carbocycles. The number of carbonyl (C=O) groups excluding carboxylic acids is 1. The molecule has 0 unspecified atom stereocenters. The molecule has 0 saturated heterocycles. The van der Waals surface area contributed by atoms with Crippen LogP contribution >= 0.6 is 0 Å². The Morgan fingerprint density at radius 1 is 1.21 bits per heavy atom. The molecule has 1 heterocycles. The molecule has 0 radical (unpaired) electrons. The average Bonchev–Trinajstić information content (AvgIpc) is 2.43. The molecule has 0 aliphatic rings. The lowest BCUT2D eigenvalue weighted by Crippen LogP contribution is -2.06. The van der Waals surface area contributed by atoms with E-state index >= 15 is 0 Å². The average molecular weight is 257 g/mol. The van der Waals surface area contributed by atoms with E-state index in [1.807, 2.05) is 43.3 Å². The highest BCUT2D eigenvalue weighted by Crippen LogP contribution is 2.12. The zero-order valence-corrected chi connectivity index (χ0v) is 11.3. The Labute approximate surface area is 113 Å². The fraction of sp³-hybridized carbons (Fsp3) is 0.375. The highest BCUT2D eigenvalue weighted by molar-refractivity contribution is 5.82. The van der Waals surface area contributed by atoms with Gasteiger partial charge >= 0.3 is 0 Å². The van der Waals surface area contributed by atoms with Crippen molar-refractivity contribution in [2.75, 3.05) is 13.2 Å². The number of nitrogens with zero attached hydrogens (tertiary/aromatic N) is 1. The van der Waals surface area contributed by atoms with E-state index in [2.05, 4.69) is 4.98 Å². The van der Waals surface area contributed by atoms with Gasteiger partial charge in [0, 0.05) is 37.1 Å². The summed E-state index contributed by atoms with van der Waals surface area (Å²) in [6.07, 6.45) is 1.77. The summed E-state index contributed by atoms with van der Waals surface area (Å²) in [5.74, 6) is 0.225. The molecule has 0 saturated carbocycles. The summed E-state index contributed by atoms with van der Waals surface area (Å²) < 4.78 is 5.22. The highest BCUT2D eigenvalue weighted by atomic mass is 16.5. The maximum Gasteiger partial charge on any atom is 0.138 e. The third kappa shape index (κ3) is 4.14. The Balaban J connectivity index is 1.91. The van der Waals surface area contributed by atoms with E-state index in [1.54, 1.807) is 0 Å². The first-order valence-electron chi connectivity index (χ1n) is 6.73. The second kappa shape index (κ2) is 7.00. The third-order valence-corrected chi connectivity index (χ3v) is 2.98. The van der Waals surface area contributed by atoms with Crippen molar-refractivity contribution in [3.63, 3.8) is 0 Å². The van der Waals surface area contributed by atoms with Gasteiger partial charge in [0.1, 0.15) is 5.78 Å². The van der Waals surface area contributed by atoms with Gasteiger partial charge in [-0.3, -0.25) is 9.78 Å². The first-order valence-corrected chi connectivity index (χ1v) is 6.73. The Hall–Kier alpha value is -1.74. The van der Waals surface area contributed by atoms with E-state index < -0.39 is 0 Å². The van der Waals surface area contributed by atoms with E-state index in [9.17, 15) is 4.79 Å². The van der Waals surface area contributed by atoms with Gasteiger partial charge in [-0.15, -0.1) is 0 Å². The predicted octanol–water partition coefficient (Wildman–Crippen LogP) is 3.16. The standard InChI is InChI=1S/C16H19NO2/c1-2-19-11-5-7-15(18)12-14-10-9-13-6-3-4-8-16(13)17-14/h3-4,6,8-10H,2,5,7,11-12H2,1H3. The number of Topliss-reactive ketones (excluding diaryl/α,β-unsaturated/α-hetero) is 1. The zero-order valence-electron chi connectivity index (χ0n) is 11.3. The van der Waals surface area contributed by atoms with Gasteiger partial charge in [-0.2, -0.15) is 0 Å². The molecule has 0 fully saturated rings. The first kappa shape index (κ1) is 13.7.